The summed E-state index contributed by atoms with van der Waals surface area (Å²) in [6, 6.07) is 17.1. The summed E-state index contributed by atoms with van der Waals surface area (Å²) in [6.45, 7) is 11.8. The maximum atomic E-state index is 6.26. The highest BCUT2D eigenvalue weighted by molar-refractivity contribution is 5.64. The van der Waals surface area contributed by atoms with Crippen molar-refractivity contribution in [2.24, 2.45) is 10.8 Å². The standard InChI is InChI=1S/C22H24O/c1-15-14-20(2,3)22(21(15,4)5)16-10-6-8-12-18(16)23-19-13-9-7-11-17(19)22/h6-14H,1-5H3. The van der Waals surface area contributed by atoms with Crippen LogP contribution in [0.25, 0.3) is 0 Å². The second-order valence-corrected chi connectivity index (χ2v) is 8.02. The first-order chi connectivity index (χ1) is 10.8. The van der Waals surface area contributed by atoms with E-state index in [1.54, 1.807) is 0 Å². The molecule has 0 atom stereocenters. The molecule has 2 aliphatic rings. The van der Waals surface area contributed by atoms with Crippen LogP contribution in [0.15, 0.2) is 60.2 Å². The largest absolute Gasteiger partial charge is 0.457 e. The van der Waals surface area contributed by atoms with Gasteiger partial charge >= 0.3 is 0 Å². The number of ether oxygens (including phenoxy) is 1. The SMILES string of the molecule is CC1=CC(C)(C)C2(c3ccccc3Oc3ccccc32)C1(C)C. The molecule has 0 amide bonds. The lowest BCUT2D eigenvalue weighted by Gasteiger charge is -2.54. The number of rotatable bonds is 0. The molecule has 2 aromatic carbocycles. The fourth-order valence-corrected chi connectivity index (χ4v) is 5.29. The third-order valence-corrected chi connectivity index (χ3v) is 6.27. The van der Waals surface area contributed by atoms with Crippen LogP contribution >= 0.6 is 0 Å². The minimum absolute atomic E-state index is 0.0105. The van der Waals surface area contributed by atoms with E-state index < -0.39 is 0 Å². The first-order valence-electron chi connectivity index (χ1n) is 8.39. The van der Waals surface area contributed by atoms with Crippen molar-refractivity contribution in [3.8, 4) is 11.5 Å². The van der Waals surface area contributed by atoms with E-state index in [1.165, 1.54) is 16.7 Å². The Morgan fingerprint density at radius 3 is 1.65 bits per heavy atom. The van der Waals surface area contributed by atoms with Crippen LogP contribution in [0, 0.1) is 10.8 Å². The zero-order valence-corrected chi connectivity index (χ0v) is 14.6. The molecule has 1 heteroatoms. The van der Waals surface area contributed by atoms with E-state index in [4.69, 9.17) is 4.74 Å². The van der Waals surface area contributed by atoms with E-state index in [2.05, 4.69) is 89.2 Å². The summed E-state index contributed by atoms with van der Waals surface area (Å²) in [5, 5.41) is 0. The average Bonchev–Trinajstić information content (AvgIpc) is 2.64. The molecular formula is C22H24O. The highest BCUT2D eigenvalue weighted by Crippen LogP contribution is 2.69. The lowest BCUT2D eigenvalue weighted by molar-refractivity contribution is 0.145. The van der Waals surface area contributed by atoms with Gasteiger partial charge in [-0.3, -0.25) is 0 Å². The Morgan fingerprint density at radius 2 is 1.22 bits per heavy atom. The molecule has 1 spiro atoms. The quantitative estimate of drug-likeness (QED) is 0.535. The van der Waals surface area contributed by atoms with Gasteiger partial charge in [-0.25, -0.2) is 0 Å². The first-order valence-corrected chi connectivity index (χ1v) is 8.39. The second-order valence-electron chi connectivity index (χ2n) is 8.02. The number of benzene rings is 2. The van der Waals surface area contributed by atoms with Crippen molar-refractivity contribution in [1.29, 1.82) is 0 Å². The predicted molar refractivity (Wildman–Crippen MR) is 95.1 cm³/mol. The molecule has 0 aromatic heterocycles. The monoisotopic (exact) mass is 304 g/mol. The molecular weight excluding hydrogens is 280 g/mol. The van der Waals surface area contributed by atoms with Gasteiger partial charge in [0.05, 0.1) is 0 Å². The fraction of sp³-hybridized carbons (Fsp3) is 0.364. The lowest BCUT2D eigenvalue weighted by atomic mass is 9.50. The number of fused-ring (bicyclic) bond motifs is 4. The molecule has 23 heavy (non-hydrogen) atoms. The van der Waals surface area contributed by atoms with Gasteiger partial charge in [-0.05, 0) is 24.5 Å². The maximum Gasteiger partial charge on any atom is 0.131 e. The third-order valence-electron chi connectivity index (χ3n) is 6.27. The van der Waals surface area contributed by atoms with Gasteiger partial charge in [-0.2, -0.15) is 0 Å². The Bertz CT molecular complexity index is 778. The van der Waals surface area contributed by atoms with Gasteiger partial charge < -0.3 is 4.74 Å². The van der Waals surface area contributed by atoms with Crippen molar-refractivity contribution < 1.29 is 4.74 Å². The molecule has 4 rings (SSSR count). The first kappa shape index (κ1) is 14.6. The molecule has 0 N–H and O–H groups in total. The van der Waals surface area contributed by atoms with Crippen LogP contribution in [-0.4, -0.2) is 0 Å². The normalized spacial score (nSPS) is 22.0. The van der Waals surface area contributed by atoms with E-state index >= 15 is 0 Å². The molecule has 0 saturated heterocycles. The molecule has 118 valence electrons. The maximum absolute atomic E-state index is 6.26. The van der Waals surface area contributed by atoms with Crippen LogP contribution in [0.4, 0.5) is 0 Å². The van der Waals surface area contributed by atoms with Crippen molar-refractivity contribution >= 4 is 0 Å². The molecule has 1 heterocycles. The summed E-state index contributed by atoms with van der Waals surface area (Å²) < 4.78 is 6.26. The Balaban J connectivity index is 2.18. The minimum atomic E-state index is -0.116. The van der Waals surface area contributed by atoms with Gasteiger partial charge in [0.1, 0.15) is 11.5 Å². The zero-order chi connectivity index (χ0) is 16.5. The fourth-order valence-electron chi connectivity index (χ4n) is 5.29. The van der Waals surface area contributed by atoms with Crippen LogP contribution in [0.3, 0.4) is 0 Å². The van der Waals surface area contributed by atoms with Crippen LogP contribution < -0.4 is 4.74 Å². The summed E-state index contributed by atoms with van der Waals surface area (Å²) in [5.74, 6) is 1.99. The zero-order valence-electron chi connectivity index (χ0n) is 14.6. The minimum Gasteiger partial charge on any atom is -0.457 e. The van der Waals surface area contributed by atoms with E-state index in [1.807, 2.05) is 0 Å². The van der Waals surface area contributed by atoms with Crippen molar-refractivity contribution in [2.75, 3.05) is 0 Å². The summed E-state index contributed by atoms with van der Waals surface area (Å²) in [4.78, 5) is 0. The highest BCUT2D eigenvalue weighted by atomic mass is 16.5. The van der Waals surface area contributed by atoms with Crippen molar-refractivity contribution in [1.82, 2.24) is 0 Å². The van der Waals surface area contributed by atoms with Crippen LogP contribution in [0.2, 0.25) is 0 Å². The summed E-state index contributed by atoms with van der Waals surface area (Å²) in [6.07, 6.45) is 2.46. The highest BCUT2D eigenvalue weighted by Gasteiger charge is 2.63. The molecule has 0 radical (unpaired) electrons. The Hall–Kier alpha value is -2.02. The van der Waals surface area contributed by atoms with Crippen LogP contribution in [0.5, 0.6) is 11.5 Å². The summed E-state index contributed by atoms with van der Waals surface area (Å²) in [7, 11) is 0. The molecule has 1 aliphatic carbocycles. The predicted octanol–water partition coefficient (Wildman–Crippen LogP) is 6.09. The van der Waals surface area contributed by atoms with Crippen LogP contribution in [0.1, 0.15) is 45.7 Å². The molecule has 1 nitrogen and oxygen atoms in total. The number of para-hydroxylation sites is 2. The molecule has 0 bridgehead atoms. The Morgan fingerprint density at radius 1 is 0.739 bits per heavy atom. The molecule has 1 aliphatic heterocycles. The van der Waals surface area contributed by atoms with E-state index in [0.29, 0.717) is 0 Å². The molecule has 0 saturated carbocycles. The van der Waals surface area contributed by atoms with Gasteiger partial charge in [-0.1, -0.05) is 75.7 Å². The lowest BCUT2D eigenvalue weighted by Crippen LogP contribution is -2.50. The molecule has 0 unspecified atom stereocenters. The van der Waals surface area contributed by atoms with E-state index in [9.17, 15) is 0 Å². The van der Waals surface area contributed by atoms with Crippen molar-refractivity contribution in [3.05, 3.63) is 71.3 Å². The van der Waals surface area contributed by atoms with Crippen molar-refractivity contribution in [3.63, 3.8) is 0 Å². The average molecular weight is 304 g/mol. The number of hydrogen-bond donors (Lipinski definition) is 0. The van der Waals surface area contributed by atoms with Crippen LogP contribution in [-0.2, 0) is 5.41 Å². The van der Waals surface area contributed by atoms with Gasteiger partial charge in [-0.15, -0.1) is 0 Å². The number of allylic oxidation sites excluding steroid dienone is 2. The Kier molecular flexibility index (Phi) is 2.71. The number of hydrogen-bond acceptors (Lipinski definition) is 1. The van der Waals surface area contributed by atoms with Gasteiger partial charge in [0.25, 0.3) is 0 Å². The smallest absolute Gasteiger partial charge is 0.131 e. The second kappa shape index (κ2) is 4.29. The summed E-state index contributed by atoms with van der Waals surface area (Å²) in [5.41, 5.74) is 3.98. The van der Waals surface area contributed by atoms with Gasteiger partial charge in [0.2, 0.25) is 0 Å². The van der Waals surface area contributed by atoms with Gasteiger partial charge in [0.15, 0.2) is 0 Å². The third kappa shape index (κ3) is 1.53. The van der Waals surface area contributed by atoms with E-state index in [0.717, 1.165) is 11.5 Å². The van der Waals surface area contributed by atoms with Crippen molar-refractivity contribution in [2.45, 2.75) is 40.0 Å². The Labute approximate surface area is 139 Å². The van der Waals surface area contributed by atoms with Gasteiger partial charge in [0, 0.05) is 22.0 Å². The molecule has 2 aromatic rings. The summed E-state index contributed by atoms with van der Waals surface area (Å²) >= 11 is 0. The topological polar surface area (TPSA) is 9.23 Å². The van der Waals surface area contributed by atoms with E-state index in [-0.39, 0.29) is 16.2 Å². The molecule has 0 fully saturated rings.